The Labute approximate surface area is 153 Å². The van der Waals surface area contributed by atoms with E-state index in [4.69, 9.17) is 0 Å². The predicted octanol–water partition coefficient (Wildman–Crippen LogP) is 2.24. The molecule has 0 amide bonds. The topological polar surface area (TPSA) is 97.4 Å². The first-order valence-electron chi connectivity index (χ1n) is 8.51. The van der Waals surface area contributed by atoms with E-state index in [1.807, 2.05) is 24.7 Å². The van der Waals surface area contributed by atoms with Crippen molar-refractivity contribution < 1.29 is 4.92 Å². The number of hydrogen-bond donors (Lipinski definition) is 2. The largest absolute Gasteiger partial charge is 0.354 e. The van der Waals surface area contributed by atoms with Crippen molar-refractivity contribution in [3.05, 3.63) is 56.9 Å². The van der Waals surface area contributed by atoms with E-state index in [1.165, 1.54) is 11.6 Å². The second kappa shape index (κ2) is 8.46. The van der Waals surface area contributed by atoms with Gasteiger partial charge in [0.15, 0.2) is 5.96 Å². The number of rotatable bonds is 6. The maximum absolute atomic E-state index is 10.9. The van der Waals surface area contributed by atoms with Gasteiger partial charge < -0.3 is 10.6 Å². The molecule has 0 radical (unpaired) electrons. The Balaban J connectivity index is 1.95. The predicted molar refractivity (Wildman–Crippen MR) is 102 cm³/mol. The molecule has 2 rings (SSSR count). The molecule has 2 aromatic rings. The summed E-state index contributed by atoms with van der Waals surface area (Å²) >= 11 is 0. The average molecular weight is 358 g/mol. The lowest BCUT2D eigenvalue weighted by Gasteiger charge is -2.18. The zero-order chi connectivity index (χ0) is 19.3. The fourth-order valence-electron chi connectivity index (χ4n) is 2.86. The van der Waals surface area contributed by atoms with Crippen molar-refractivity contribution in [3.8, 4) is 0 Å². The number of nitrogens with one attached hydrogen (secondary N) is 2. The molecule has 0 aliphatic heterocycles. The maximum atomic E-state index is 10.9. The Morgan fingerprint density at radius 1 is 1.42 bits per heavy atom. The van der Waals surface area contributed by atoms with Gasteiger partial charge in [-0.2, -0.15) is 5.10 Å². The molecule has 26 heavy (non-hydrogen) atoms. The van der Waals surface area contributed by atoms with E-state index < -0.39 is 4.92 Å². The van der Waals surface area contributed by atoms with Crippen molar-refractivity contribution in [2.24, 2.45) is 12.0 Å². The van der Waals surface area contributed by atoms with Crippen molar-refractivity contribution in [3.63, 3.8) is 0 Å². The lowest BCUT2D eigenvalue weighted by Crippen LogP contribution is -2.42. The quantitative estimate of drug-likeness (QED) is 0.357. The van der Waals surface area contributed by atoms with E-state index >= 15 is 0 Å². The van der Waals surface area contributed by atoms with E-state index in [2.05, 4.69) is 34.6 Å². The van der Waals surface area contributed by atoms with E-state index in [0.717, 1.165) is 23.4 Å². The molecule has 0 bridgehead atoms. The zero-order valence-corrected chi connectivity index (χ0v) is 15.9. The van der Waals surface area contributed by atoms with Crippen LogP contribution in [0.5, 0.6) is 0 Å². The second-order valence-electron chi connectivity index (χ2n) is 6.38. The Bertz CT molecular complexity index is 812. The number of nitro benzene ring substituents is 1. The minimum atomic E-state index is -0.392. The van der Waals surface area contributed by atoms with Crippen molar-refractivity contribution in [2.75, 3.05) is 7.05 Å². The van der Waals surface area contributed by atoms with Crippen molar-refractivity contribution >= 4 is 11.6 Å². The number of aryl methyl sites for hydroxylation is 2. The van der Waals surface area contributed by atoms with Gasteiger partial charge in [-0.25, -0.2) is 0 Å². The molecule has 140 valence electrons. The molecule has 1 atom stereocenters. The molecule has 1 aromatic heterocycles. The second-order valence-corrected chi connectivity index (χ2v) is 6.38. The summed E-state index contributed by atoms with van der Waals surface area (Å²) in [6.07, 6.45) is 0.836. The van der Waals surface area contributed by atoms with E-state index in [9.17, 15) is 10.1 Å². The molecule has 1 unspecified atom stereocenters. The number of nitrogens with zero attached hydrogens (tertiary/aromatic N) is 4. The third-order valence-electron chi connectivity index (χ3n) is 4.36. The molecule has 0 aliphatic rings. The molecule has 0 aliphatic carbocycles. The van der Waals surface area contributed by atoms with Gasteiger partial charge in [0, 0.05) is 44.5 Å². The van der Waals surface area contributed by atoms with Gasteiger partial charge >= 0.3 is 0 Å². The van der Waals surface area contributed by atoms with Crippen LogP contribution in [0.1, 0.15) is 29.4 Å². The van der Waals surface area contributed by atoms with Crippen LogP contribution in [0.3, 0.4) is 0 Å². The number of hydrogen-bond acceptors (Lipinski definition) is 4. The minimum absolute atomic E-state index is 0.0862. The van der Waals surface area contributed by atoms with Crippen LogP contribution < -0.4 is 10.6 Å². The molecule has 1 aromatic carbocycles. The molecule has 8 heteroatoms. The summed E-state index contributed by atoms with van der Waals surface area (Å²) in [7, 11) is 3.65. The highest BCUT2D eigenvalue weighted by atomic mass is 16.6. The van der Waals surface area contributed by atoms with Gasteiger partial charge in [0.25, 0.3) is 5.69 Å². The fourth-order valence-corrected chi connectivity index (χ4v) is 2.86. The van der Waals surface area contributed by atoms with Crippen LogP contribution in [-0.4, -0.2) is 33.8 Å². The molecule has 1 heterocycles. The Morgan fingerprint density at radius 3 is 2.73 bits per heavy atom. The molecule has 0 spiro atoms. The van der Waals surface area contributed by atoms with Gasteiger partial charge in [0.05, 0.1) is 10.6 Å². The van der Waals surface area contributed by atoms with Crippen LogP contribution in [-0.2, 0) is 20.0 Å². The third-order valence-corrected chi connectivity index (χ3v) is 4.36. The summed E-state index contributed by atoms with van der Waals surface area (Å²) in [4.78, 5) is 14.7. The minimum Gasteiger partial charge on any atom is -0.354 e. The van der Waals surface area contributed by atoms with Gasteiger partial charge in [-0.1, -0.05) is 12.1 Å². The summed E-state index contributed by atoms with van der Waals surface area (Å²) in [5, 5.41) is 21.9. The van der Waals surface area contributed by atoms with Crippen LogP contribution >= 0.6 is 0 Å². The van der Waals surface area contributed by atoms with Crippen molar-refractivity contribution in [1.82, 2.24) is 20.4 Å². The van der Waals surface area contributed by atoms with Gasteiger partial charge in [0.1, 0.15) is 0 Å². The highest BCUT2D eigenvalue weighted by Gasteiger charge is 2.14. The van der Waals surface area contributed by atoms with Gasteiger partial charge in [-0.15, -0.1) is 0 Å². The van der Waals surface area contributed by atoms with Crippen LogP contribution in [0.15, 0.2) is 29.3 Å². The number of nitro groups is 1. The highest BCUT2D eigenvalue weighted by Crippen LogP contribution is 2.14. The van der Waals surface area contributed by atoms with Crippen LogP contribution in [0.25, 0.3) is 0 Å². The average Bonchev–Trinajstić information content (AvgIpc) is 2.85. The molecular weight excluding hydrogens is 332 g/mol. The number of benzene rings is 1. The van der Waals surface area contributed by atoms with E-state index in [1.54, 1.807) is 19.2 Å². The monoisotopic (exact) mass is 358 g/mol. The smallest absolute Gasteiger partial charge is 0.269 e. The lowest BCUT2D eigenvalue weighted by molar-refractivity contribution is -0.384. The summed E-state index contributed by atoms with van der Waals surface area (Å²) in [6.45, 7) is 6.63. The molecule has 0 saturated carbocycles. The first-order chi connectivity index (χ1) is 12.3. The fraction of sp³-hybridized carbons (Fsp3) is 0.444. The highest BCUT2D eigenvalue weighted by molar-refractivity contribution is 5.80. The molecular formula is C18H26N6O2. The van der Waals surface area contributed by atoms with Crippen LogP contribution in [0.4, 0.5) is 5.69 Å². The number of guanidine groups is 1. The van der Waals surface area contributed by atoms with Crippen LogP contribution in [0, 0.1) is 24.0 Å². The van der Waals surface area contributed by atoms with E-state index in [-0.39, 0.29) is 11.7 Å². The number of aromatic nitrogens is 2. The van der Waals surface area contributed by atoms with Crippen molar-refractivity contribution in [1.29, 1.82) is 0 Å². The Hall–Kier alpha value is -2.90. The first kappa shape index (κ1) is 19.4. The molecule has 0 saturated heterocycles. The number of aliphatic imine (C=N–C) groups is 1. The SMILES string of the molecule is CN=C(NCc1cccc([N+](=O)[O-])c1)NC(C)Cc1c(C)nn(C)c1C. The third kappa shape index (κ3) is 4.81. The van der Waals surface area contributed by atoms with Gasteiger partial charge in [-0.05, 0) is 38.3 Å². The number of non-ortho nitro benzene ring substituents is 1. The normalized spacial score (nSPS) is 12.7. The summed E-state index contributed by atoms with van der Waals surface area (Å²) in [5.74, 6) is 0.656. The van der Waals surface area contributed by atoms with Gasteiger partial charge in [-0.3, -0.25) is 19.8 Å². The molecule has 2 N–H and O–H groups in total. The van der Waals surface area contributed by atoms with Crippen LogP contribution in [0.2, 0.25) is 0 Å². The first-order valence-corrected chi connectivity index (χ1v) is 8.51. The molecule has 8 nitrogen and oxygen atoms in total. The Morgan fingerprint density at radius 2 is 2.15 bits per heavy atom. The summed E-state index contributed by atoms with van der Waals surface area (Å²) < 4.78 is 1.90. The van der Waals surface area contributed by atoms with Gasteiger partial charge in [0.2, 0.25) is 0 Å². The lowest BCUT2D eigenvalue weighted by atomic mass is 10.1. The maximum Gasteiger partial charge on any atom is 0.269 e. The summed E-state index contributed by atoms with van der Waals surface area (Å²) in [6, 6.07) is 6.73. The summed E-state index contributed by atoms with van der Waals surface area (Å²) in [5.41, 5.74) is 4.35. The zero-order valence-electron chi connectivity index (χ0n) is 15.9. The van der Waals surface area contributed by atoms with E-state index in [0.29, 0.717) is 12.5 Å². The van der Waals surface area contributed by atoms with Crippen molar-refractivity contribution in [2.45, 2.75) is 39.8 Å². The Kier molecular flexibility index (Phi) is 6.32. The standard InChI is InChI=1S/C18H26N6O2/c1-12(9-17-13(2)22-23(5)14(17)3)21-18(19-4)20-11-15-7-6-8-16(10-15)24(25)26/h6-8,10,12H,9,11H2,1-5H3,(H2,19,20,21). The molecule has 0 fully saturated rings.